The molecule has 0 aliphatic carbocycles. The van der Waals surface area contributed by atoms with E-state index in [0.29, 0.717) is 16.7 Å². The molecule has 0 saturated carbocycles. The Morgan fingerprint density at radius 3 is 2.18 bits per heavy atom. The van der Waals surface area contributed by atoms with E-state index in [1.54, 1.807) is 20.8 Å². The van der Waals surface area contributed by atoms with Crippen LogP contribution in [-0.2, 0) is 22.1 Å². The van der Waals surface area contributed by atoms with Crippen LogP contribution in [0.5, 0.6) is 0 Å². The number of carbonyl (C=O) groups is 2. The molecule has 0 unspecified atom stereocenters. The summed E-state index contributed by atoms with van der Waals surface area (Å²) in [5.41, 5.74) is 0.434. The van der Waals surface area contributed by atoms with Gasteiger partial charge in [0.1, 0.15) is 5.60 Å². The average molecular weight is 396 g/mol. The second kappa shape index (κ2) is 7.95. The molecule has 0 fully saturated rings. The van der Waals surface area contributed by atoms with Gasteiger partial charge in [-0.1, -0.05) is 12.1 Å². The van der Waals surface area contributed by atoms with Crippen molar-refractivity contribution in [2.24, 2.45) is 0 Å². The summed E-state index contributed by atoms with van der Waals surface area (Å²) in [6.45, 7) is 5.16. The molecule has 2 aromatic rings. The minimum absolute atomic E-state index is 0.000128. The number of hydrogen-bond acceptors (Lipinski definition) is 5. The molecule has 0 amide bonds. The lowest BCUT2D eigenvalue weighted by Gasteiger charge is -2.19. The second-order valence-corrected chi connectivity index (χ2v) is 7.06. The minimum atomic E-state index is -4.65. The van der Waals surface area contributed by atoms with Gasteiger partial charge in [0, 0.05) is 24.4 Å². The van der Waals surface area contributed by atoms with Crippen LogP contribution in [-0.4, -0.2) is 32.6 Å². The highest BCUT2D eigenvalue weighted by atomic mass is 19.4. The minimum Gasteiger partial charge on any atom is -0.478 e. The highest BCUT2D eigenvalue weighted by molar-refractivity contribution is 5.90. The van der Waals surface area contributed by atoms with E-state index in [0.717, 1.165) is 12.4 Å². The van der Waals surface area contributed by atoms with Crippen molar-refractivity contribution in [2.75, 3.05) is 0 Å². The number of aryl methyl sites for hydroxylation is 1. The summed E-state index contributed by atoms with van der Waals surface area (Å²) >= 11 is 0. The molecule has 1 aromatic carbocycles. The van der Waals surface area contributed by atoms with Crippen molar-refractivity contribution in [2.45, 2.75) is 45.4 Å². The largest absolute Gasteiger partial charge is 0.478 e. The normalized spacial score (nSPS) is 11.9. The van der Waals surface area contributed by atoms with Gasteiger partial charge in [-0.05, 0) is 44.4 Å². The Morgan fingerprint density at radius 2 is 1.68 bits per heavy atom. The summed E-state index contributed by atoms with van der Waals surface area (Å²) in [6, 6.07) is 4.28. The van der Waals surface area contributed by atoms with Gasteiger partial charge in [-0.3, -0.25) is 4.79 Å². The summed E-state index contributed by atoms with van der Waals surface area (Å²) in [7, 11) is 0. The molecule has 2 rings (SSSR count). The lowest BCUT2D eigenvalue weighted by molar-refractivity contribution is -0.154. The second-order valence-electron chi connectivity index (χ2n) is 7.06. The van der Waals surface area contributed by atoms with E-state index in [1.165, 1.54) is 18.2 Å². The summed E-state index contributed by atoms with van der Waals surface area (Å²) in [6.07, 6.45) is -2.55. The van der Waals surface area contributed by atoms with Crippen molar-refractivity contribution in [3.8, 4) is 11.1 Å². The van der Waals surface area contributed by atoms with Crippen LogP contribution in [0.15, 0.2) is 30.6 Å². The number of carbonyl (C=O) groups excluding carboxylic acids is 1. The fourth-order valence-electron chi connectivity index (χ4n) is 2.44. The molecule has 0 aliphatic heterocycles. The predicted molar refractivity (Wildman–Crippen MR) is 93.6 cm³/mol. The number of carboxylic acids is 1. The molecule has 1 heterocycles. The monoisotopic (exact) mass is 396 g/mol. The highest BCUT2D eigenvalue weighted by Crippen LogP contribution is 2.28. The Labute approximate surface area is 159 Å². The molecule has 0 radical (unpaired) electrons. The molecule has 0 spiro atoms. The van der Waals surface area contributed by atoms with Crippen molar-refractivity contribution in [3.05, 3.63) is 47.5 Å². The van der Waals surface area contributed by atoms with Gasteiger partial charge >= 0.3 is 18.1 Å². The predicted octanol–water partition coefficient (Wildman–Crippen LogP) is 4.13. The van der Waals surface area contributed by atoms with E-state index in [-0.39, 0.29) is 18.4 Å². The van der Waals surface area contributed by atoms with Crippen LogP contribution < -0.4 is 0 Å². The molecule has 150 valence electrons. The Kier molecular flexibility index (Phi) is 6.06. The standard InChI is InChI=1S/C19H19F3N2O4/c1-18(2,3)28-15(25)7-5-12-8-11(4-6-14(12)16(26)27)13-9-23-17(24-10-13)19(20,21)22/h4,6,8-10H,5,7H2,1-3H3,(H,26,27). The number of carboxylic acid groups (broad SMARTS) is 1. The zero-order valence-electron chi connectivity index (χ0n) is 15.5. The Bertz CT molecular complexity index is 872. The van der Waals surface area contributed by atoms with Crippen LogP contribution in [0.2, 0.25) is 0 Å². The third-order valence-electron chi connectivity index (χ3n) is 3.59. The Morgan fingerprint density at radius 1 is 1.07 bits per heavy atom. The molecule has 0 saturated heterocycles. The Balaban J connectivity index is 2.27. The van der Waals surface area contributed by atoms with Gasteiger partial charge in [0.15, 0.2) is 0 Å². The SMILES string of the molecule is CC(C)(C)OC(=O)CCc1cc(-c2cnc(C(F)(F)F)nc2)ccc1C(=O)O. The molecular formula is C19H19F3N2O4. The lowest BCUT2D eigenvalue weighted by atomic mass is 9.97. The Hall–Kier alpha value is -2.97. The molecular weight excluding hydrogens is 377 g/mol. The molecule has 1 aromatic heterocycles. The number of aromatic carboxylic acids is 1. The number of nitrogens with zero attached hydrogens (tertiary/aromatic N) is 2. The summed E-state index contributed by atoms with van der Waals surface area (Å²) in [5, 5.41) is 9.34. The fraction of sp³-hybridized carbons (Fsp3) is 0.368. The van der Waals surface area contributed by atoms with Gasteiger partial charge in [-0.25, -0.2) is 14.8 Å². The number of aromatic nitrogens is 2. The first-order valence-electron chi connectivity index (χ1n) is 8.34. The molecule has 1 N–H and O–H groups in total. The van der Waals surface area contributed by atoms with E-state index in [4.69, 9.17) is 4.74 Å². The number of ether oxygens (including phenoxy) is 1. The number of alkyl halides is 3. The third-order valence-corrected chi connectivity index (χ3v) is 3.59. The van der Waals surface area contributed by atoms with Crippen molar-refractivity contribution >= 4 is 11.9 Å². The maximum absolute atomic E-state index is 12.6. The van der Waals surface area contributed by atoms with Gasteiger partial charge in [0.05, 0.1) is 5.56 Å². The van der Waals surface area contributed by atoms with Crippen LogP contribution in [0.1, 0.15) is 48.9 Å². The van der Waals surface area contributed by atoms with Gasteiger partial charge in [-0.15, -0.1) is 0 Å². The first-order chi connectivity index (χ1) is 12.9. The molecule has 6 nitrogen and oxygen atoms in total. The third kappa shape index (κ3) is 5.77. The summed E-state index contributed by atoms with van der Waals surface area (Å²) in [5.74, 6) is -2.91. The van der Waals surface area contributed by atoms with Gasteiger partial charge in [-0.2, -0.15) is 13.2 Å². The van der Waals surface area contributed by atoms with E-state index in [9.17, 15) is 27.9 Å². The van der Waals surface area contributed by atoms with E-state index in [2.05, 4.69) is 9.97 Å². The van der Waals surface area contributed by atoms with Crippen molar-refractivity contribution in [1.82, 2.24) is 9.97 Å². The number of esters is 1. The lowest BCUT2D eigenvalue weighted by Crippen LogP contribution is -2.24. The molecule has 9 heteroatoms. The molecule has 0 atom stereocenters. The van der Waals surface area contributed by atoms with Gasteiger partial charge in [0.2, 0.25) is 5.82 Å². The maximum Gasteiger partial charge on any atom is 0.451 e. The number of benzene rings is 1. The van der Waals surface area contributed by atoms with Crippen LogP contribution in [0.4, 0.5) is 13.2 Å². The van der Waals surface area contributed by atoms with Gasteiger partial charge in [0.25, 0.3) is 0 Å². The van der Waals surface area contributed by atoms with Crippen LogP contribution in [0, 0.1) is 0 Å². The van der Waals surface area contributed by atoms with Crippen molar-refractivity contribution in [1.29, 1.82) is 0 Å². The summed E-state index contributed by atoms with van der Waals surface area (Å²) in [4.78, 5) is 29.9. The molecule has 28 heavy (non-hydrogen) atoms. The fourth-order valence-corrected chi connectivity index (χ4v) is 2.44. The van der Waals surface area contributed by atoms with E-state index < -0.39 is 29.5 Å². The highest BCUT2D eigenvalue weighted by Gasteiger charge is 2.34. The quantitative estimate of drug-likeness (QED) is 0.765. The van der Waals surface area contributed by atoms with E-state index >= 15 is 0 Å². The van der Waals surface area contributed by atoms with Crippen LogP contribution in [0.3, 0.4) is 0 Å². The number of halogens is 3. The average Bonchev–Trinajstić information content (AvgIpc) is 2.57. The van der Waals surface area contributed by atoms with Gasteiger partial charge < -0.3 is 9.84 Å². The molecule has 0 aliphatic rings. The number of rotatable bonds is 5. The molecule has 0 bridgehead atoms. The zero-order chi connectivity index (χ0) is 21.1. The van der Waals surface area contributed by atoms with Crippen LogP contribution >= 0.6 is 0 Å². The van der Waals surface area contributed by atoms with Crippen molar-refractivity contribution < 1.29 is 32.6 Å². The maximum atomic E-state index is 12.6. The smallest absolute Gasteiger partial charge is 0.451 e. The first kappa shape index (κ1) is 21.3. The summed E-state index contributed by atoms with van der Waals surface area (Å²) < 4.78 is 43.0. The van der Waals surface area contributed by atoms with Crippen LogP contribution in [0.25, 0.3) is 11.1 Å². The van der Waals surface area contributed by atoms with Crippen molar-refractivity contribution in [3.63, 3.8) is 0 Å². The first-order valence-corrected chi connectivity index (χ1v) is 8.34. The zero-order valence-corrected chi connectivity index (χ0v) is 15.5. The number of hydrogen-bond donors (Lipinski definition) is 1. The van der Waals surface area contributed by atoms with E-state index in [1.807, 2.05) is 0 Å². The topological polar surface area (TPSA) is 89.4 Å².